The number of benzene rings is 2. The van der Waals surface area contributed by atoms with Crippen LogP contribution in [-0.2, 0) is 6.42 Å². The first-order chi connectivity index (χ1) is 10.7. The fourth-order valence-corrected chi connectivity index (χ4v) is 2.40. The van der Waals surface area contributed by atoms with E-state index in [0.717, 1.165) is 17.1 Å². The molecule has 2 aromatic carbocycles. The van der Waals surface area contributed by atoms with E-state index in [4.69, 9.17) is 0 Å². The van der Waals surface area contributed by atoms with Crippen molar-refractivity contribution in [2.45, 2.75) is 32.6 Å². The molecule has 2 aromatic rings. The van der Waals surface area contributed by atoms with Crippen molar-refractivity contribution in [3.63, 3.8) is 0 Å². The largest absolute Gasteiger partial charge is 0.296 e. The van der Waals surface area contributed by atoms with Crippen LogP contribution in [0.1, 0.15) is 42.1 Å². The highest BCUT2D eigenvalue weighted by atomic mass is 16.2. The summed E-state index contributed by atoms with van der Waals surface area (Å²) in [5.41, 5.74) is 6.00. The zero-order valence-electron chi connectivity index (χ0n) is 13.4. The smallest absolute Gasteiger partial charge is 0.264 e. The number of aryl methyl sites for hydroxylation is 1. The molecule has 0 saturated heterocycles. The van der Waals surface area contributed by atoms with Gasteiger partial charge in [0.2, 0.25) is 0 Å². The summed E-state index contributed by atoms with van der Waals surface area (Å²) in [6, 6.07) is 17.8. The van der Waals surface area contributed by atoms with Gasteiger partial charge in [0.1, 0.15) is 0 Å². The minimum Gasteiger partial charge on any atom is -0.264 e. The number of rotatable bonds is 7. The first-order valence-corrected chi connectivity index (χ1v) is 8.00. The van der Waals surface area contributed by atoms with Crippen molar-refractivity contribution in [2.24, 2.45) is 0 Å². The summed E-state index contributed by atoms with van der Waals surface area (Å²) >= 11 is 0. The summed E-state index contributed by atoms with van der Waals surface area (Å²) in [5.74, 6) is -0.0542. The summed E-state index contributed by atoms with van der Waals surface area (Å²) in [6.45, 7) is 2.21. The van der Waals surface area contributed by atoms with Crippen molar-refractivity contribution in [3.05, 3.63) is 65.7 Å². The molecule has 1 amide bonds. The molecule has 3 heteroatoms. The van der Waals surface area contributed by atoms with Crippen LogP contribution in [0.25, 0.3) is 0 Å². The number of quaternary nitrogens is 1. The van der Waals surface area contributed by atoms with Crippen molar-refractivity contribution >= 4 is 11.6 Å². The van der Waals surface area contributed by atoms with Crippen LogP contribution in [0.4, 0.5) is 5.69 Å². The topological polar surface area (TPSA) is 33.5 Å². The van der Waals surface area contributed by atoms with Crippen molar-refractivity contribution in [1.29, 1.82) is 0 Å². The van der Waals surface area contributed by atoms with Gasteiger partial charge in [0.25, 0.3) is 5.91 Å². The monoisotopic (exact) mass is 297 g/mol. The molecule has 1 atom stereocenters. The summed E-state index contributed by atoms with van der Waals surface area (Å²) in [6.07, 6.45) is 4.79. The highest BCUT2D eigenvalue weighted by Crippen LogP contribution is 2.08. The van der Waals surface area contributed by atoms with Crippen LogP contribution in [0.3, 0.4) is 0 Å². The lowest BCUT2D eigenvalue weighted by atomic mass is 10.1. The zero-order valence-corrected chi connectivity index (χ0v) is 13.4. The average Bonchev–Trinajstić information content (AvgIpc) is 2.56. The third kappa shape index (κ3) is 4.71. The van der Waals surface area contributed by atoms with E-state index in [1.165, 1.54) is 24.8 Å². The van der Waals surface area contributed by atoms with Crippen LogP contribution in [0, 0.1) is 0 Å². The molecule has 0 aliphatic heterocycles. The molecule has 0 radical (unpaired) electrons. The zero-order chi connectivity index (χ0) is 15.8. The van der Waals surface area contributed by atoms with Gasteiger partial charge in [0, 0.05) is 17.7 Å². The van der Waals surface area contributed by atoms with Crippen molar-refractivity contribution in [1.82, 2.24) is 5.43 Å². The molecule has 0 aliphatic carbocycles. The Kier molecular flexibility index (Phi) is 6.16. The number of carbonyl (C=O) groups excluding carboxylic acids is 1. The highest BCUT2D eigenvalue weighted by molar-refractivity contribution is 5.93. The van der Waals surface area contributed by atoms with Crippen LogP contribution in [-0.4, -0.2) is 13.0 Å². The highest BCUT2D eigenvalue weighted by Gasteiger charge is 2.12. The van der Waals surface area contributed by atoms with E-state index in [1.807, 2.05) is 49.5 Å². The van der Waals surface area contributed by atoms with Gasteiger partial charge in [0.15, 0.2) is 5.69 Å². The third-order valence-corrected chi connectivity index (χ3v) is 3.79. The average molecular weight is 297 g/mol. The Balaban J connectivity index is 1.92. The van der Waals surface area contributed by atoms with Crippen LogP contribution >= 0.6 is 0 Å². The predicted octanol–water partition coefficient (Wildman–Crippen LogP) is 2.91. The van der Waals surface area contributed by atoms with Crippen LogP contribution < -0.4 is 10.4 Å². The summed E-state index contributed by atoms with van der Waals surface area (Å²) in [4.78, 5) is 12.3. The third-order valence-electron chi connectivity index (χ3n) is 3.79. The van der Waals surface area contributed by atoms with Gasteiger partial charge in [-0.25, -0.2) is 5.01 Å². The van der Waals surface area contributed by atoms with Gasteiger partial charge >= 0.3 is 0 Å². The maximum absolute atomic E-state index is 12.3. The van der Waals surface area contributed by atoms with E-state index >= 15 is 0 Å². The summed E-state index contributed by atoms with van der Waals surface area (Å²) in [5, 5.41) is 0.873. The van der Waals surface area contributed by atoms with Gasteiger partial charge in [-0.3, -0.25) is 4.79 Å². The molecule has 1 unspecified atom stereocenters. The standard InChI is InChI=1S/C19H24N2O/c1-3-4-6-9-16-12-14-17(15-13-16)19(22)20-21(2)18-10-7-5-8-11-18/h5,7-8,10-15H,3-4,6,9H2,1-2H3,(H,20,22)/p+1. The molecule has 22 heavy (non-hydrogen) atoms. The fraction of sp³-hybridized carbons (Fsp3) is 0.316. The normalized spacial score (nSPS) is 11.9. The second-order valence-electron chi connectivity index (χ2n) is 5.60. The lowest BCUT2D eigenvalue weighted by molar-refractivity contribution is -0.849. The maximum atomic E-state index is 12.3. The molecule has 0 fully saturated rings. The molecule has 0 aromatic heterocycles. The van der Waals surface area contributed by atoms with Crippen LogP contribution in [0.15, 0.2) is 54.6 Å². The quantitative estimate of drug-likeness (QED) is 0.598. The second kappa shape index (κ2) is 8.35. The van der Waals surface area contributed by atoms with Gasteiger partial charge in [-0.2, -0.15) is 5.43 Å². The number of unbranched alkanes of at least 4 members (excludes halogenated alkanes) is 2. The van der Waals surface area contributed by atoms with Gasteiger partial charge in [-0.05, 0) is 30.5 Å². The summed E-state index contributed by atoms with van der Waals surface area (Å²) < 4.78 is 0. The van der Waals surface area contributed by atoms with Crippen molar-refractivity contribution in [2.75, 3.05) is 7.05 Å². The maximum Gasteiger partial charge on any atom is 0.296 e. The molecule has 0 bridgehead atoms. The Morgan fingerprint density at radius 2 is 1.68 bits per heavy atom. The van der Waals surface area contributed by atoms with Crippen LogP contribution in [0.5, 0.6) is 0 Å². The summed E-state index contributed by atoms with van der Waals surface area (Å²) in [7, 11) is 1.92. The number of hydrogen-bond acceptors (Lipinski definition) is 1. The number of hydrogen-bond donors (Lipinski definition) is 2. The molecule has 3 nitrogen and oxygen atoms in total. The Morgan fingerprint density at radius 3 is 2.32 bits per heavy atom. The molecule has 0 aliphatic rings. The Hall–Kier alpha value is -2.13. The molecular weight excluding hydrogens is 272 g/mol. The predicted molar refractivity (Wildman–Crippen MR) is 90.1 cm³/mol. The fourth-order valence-electron chi connectivity index (χ4n) is 2.40. The Morgan fingerprint density at radius 1 is 1.00 bits per heavy atom. The van der Waals surface area contributed by atoms with Gasteiger partial charge in [-0.1, -0.05) is 50.1 Å². The van der Waals surface area contributed by atoms with E-state index < -0.39 is 0 Å². The number of amides is 1. The molecule has 0 heterocycles. The SMILES string of the molecule is CCCCCc1ccc(C(=O)N[NH+](C)c2ccccc2)cc1. The van der Waals surface area contributed by atoms with Gasteiger partial charge in [0.05, 0.1) is 7.05 Å². The van der Waals surface area contributed by atoms with Gasteiger partial charge < -0.3 is 0 Å². The number of carbonyl (C=O) groups is 1. The molecule has 116 valence electrons. The lowest BCUT2D eigenvalue weighted by Gasteiger charge is -2.14. The minimum absolute atomic E-state index is 0.0542. The minimum atomic E-state index is -0.0542. The molecule has 0 saturated carbocycles. The molecule has 0 spiro atoms. The lowest BCUT2D eigenvalue weighted by Crippen LogP contribution is -3.12. The van der Waals surface area contributed by atoms with E-state index in [9.17, 15) is 4.79 Å². The molecule has 2 N–H and O–H groups in total. The first-order valence-electron chi connectivity index (χ1n) is 8.00. The van der Waals surface area contributed by atoms with Crippen molar-refractivity contribution in [3.8, 4) is 0 Å². The Bertz CT molecular complexity index is 578. The van der Waals surface area contributed by atoms with Gasteiger partial charge in [-0.15, -0.1) is 0 Å². The second-order valence-corrected chi connectivity index (χ2v) is 5.60. The first kappa shape index (κ1) is 16.2. The number of para-hydroxylation sites is 1. The van der Waals surface area contributed by atoms with E-state index in [1.54, 1.807) is 0 Å². The Labute approximate surface area is 132 Å². The molecular formula is C19H25N2O+. The van der Waals surface area contributed by atoms with Crippen LogP contribution in [0.2, 0.25) is 0 Å². The molecule has 2 rings (SSSR count). The van der Waals surface area contributed by atoms with E-state index in [-0.39, 0.29) is 5.91 Å². The number of nitrogens with one attached hydrogen (secondary N) is 2. The van der Waals surface area contributed by atoms with Crippen molar-refractivity contribution < 1.29 is 9.80 Å². The van der Waals surface area contributed by atoms with E-state index in [2.05, 4.69) is 24.5 Å². The van der Waals surface area contributed by atoms with E-state index in [0.29, 0.717) is 5.56 Å².